The summed E-state index contributed by atoms with van der Waals surface area (Å²) in [4.78, 5) is 24.9. The van der Waals surface area contributed by atoms with Gasteiger partial charge in [-0.2, -0.15) is 0 Å². The molecule has 0 aliphatic heterocycles. The van der Waals surface area contributed by atoms with Crippen LogP contribution in [0.2, 0.25) is 0 Å². The van der Waals surface area contributed by atoms with E-state index in [9.17, 15) is 9.59 Å². The Bertz CT molecular complexity index is 514. The normalized spacial score (nSPS) is 11.0. The van der Waals surface area contributed by atoms with E-state index in [1.165, 1.54) is 4.90 Å². The predicted molar refractivity (Wildman–Crippen MR) is 81.9 cm³/mol. The van der Waals surface area contributed by atoms with Gasteiger partial charge in [0.05, 0.1) is 0 Å². The zero-order chi connectivity index (χ0) is 16.9. The number of hydrogen-bond donors (Lipinski definition) is 2. The van der Waals surface area contributed by atoms with Crippen LogP contribution in [0.25, 0.3) is 0 Å². The molecule has 0 saturated carbocycles. The van der Waals surface area contributed by atoms with Crippen LogP contribution in [-0.2, 0) is 4.74 Å². The molecular formula is C14H24N4O4. The molecule has 124 valence electrons. The quantitative estimate of drug-likeness (QED) is 0.889. The maximum atomic E-state index is 11.8. The third-order valence-corrected chi connectivity index (χ3v) is 2.71. The number of carbonyl (C=O) groups excluding carboxylic acids is 2. The first-order valence-electron chi connectivity index (χ1n) is 7.02. The standard InChI is InChI=1S/C14H24N4O4/c1-9-11(10(2)22-17-9)16-12(19)15-7-8-18(6)13(20)21-14(3,4)5/h7-8H2,1-6H3,(H2,15,16,19). The monoisotopic (exact) mass is 312 g/mol. The lowest BCUT2D eigenvalue weighted by Crippen LogP contribution is -2.40. The van der Waals surface area contributed by atoms with Crippen LogP contribution in [0, 0.1) is 13.8 Å². The van der Waals surface area contributed by atoms with E-state index in [1.54, 1.807) is 41.7 Å². The lowest BCUT2D eigenvalue weighted by atomic mass is 10.2. The molecular weight excluding hydrogens is 288 g/mol. The lowest BCUT2D eigenvalue weighted by molar-refractivity contribution is 0.0301. The van der Waals surface area contributed by atoms with Crippen molar-refractivity contribution in [2.75, 3.05) is 25.5 Å². The van der Waals surface area contributed by atoms with Crippen molar-refractivity contribution < 1.29 is 18.8 Å². The SMILES string of the molecule is Cc1noc(C)c1NC(=O)NCCN(C)C(=O)OC(C)(C)C. The first kappa shape index (κ1) is 17.8. The Kier molecular flexibility index (Phi) is 5.78. The van der Waals surface area contributed by atoms with E-state index in [0.717, 1.165) is 0 Å². The third kappa shape index (κ3) is 5.63. The molecule has 0 spiro atoms. The van der Waals surface area contributed by atoms with Crippen molar-refractivity contribution in [2.45, 2.75) is 40.2 Å². The summed E-state index contributed by atoms with van der Waals surface area (Å²) in [6.45, 7) is 9.49. The third-order valence-electron chi connectivity index (χ3n) is 2.71. The van der Waals surface area contributed by atoms with E-state index in [0.29, 0.717) is 30.2 Å². The van der Waals surface area contributed by atoms with Gasteiger partial charge in [-0.1, -0.05) is 5.16 Å². The average Bonchev–Trinajstić information content (AvgIpc) is 2.68. The second-order valence-corrected chi connectivity index (χ2v) is 5.98. The van der Waals surface area contributed by atoms with Crippen molar-refractivity contribution in [3.8, 4) is 0 Å². The topological polar surface area (TPSA) is 96.7 Å². The predicted octanol–water partition coefficient (Wildman–Crippen LogP) is 2.28. The molecule has 1 aromatic rings. The van der Waals surface area contributed by atoms with Gasteiger partial charge in [0.25, 0.3) is 0 Å². The molecule has 3 amide bonds. The Morgan fingerprint density at radius 3 is 2.45 bits per heavy atom. The molecule has 8 heteroatoms. The molecule has 0 aliphatic carbocycles. The summed E-state index contributed by atoms with van der Waals surface area (Å²) in [7, 11) is 1.61. The molecule has 0 aliphatic rings. The Morgan fingerprint density at radius 1 is 1.32 bits per heavy atom. The molecule has 0 aromatic carbocycles. The molecule has 8 nitrogen and oxygen atoms in total. The van der Waals surface area contributed by atoms with E-state index in [1.807, 2.05) is 0 Å². The smallest absolute Gasteiger partial charge is 0.410 e. The van der Waals surface area contributed by atoms with Crippen LogP contribution < -0.4 is 10.6 Å². The minimum atomic E-state index is -0.542. The number of amides is 3. The first-order valence-corrected chi connectivity index (χ1v) is 7.02. The number of nitrogens with one attached hydrogen (secondary N) is 2. The molecule has 0 radical (unpaired) electrons. The summed E-state index contributed by atoms with van der Waals surface area (Å²) < 4.78 is 10.2. The number of urea groups is 1. The van der Waals surface area contributed by atoms with Crippen LogP contribution in [0.5, 0.6) is 0 Å². The fourth-order valence-corrected chi connectivity index (χ4v) is 1.59. The number of aromatic nitrogens is 1. The Morgan fingerprint density at radius 2 is 1.95 bits per heavy atom. The Balaban J connectivity index is 2.35. The average molecular weight is 312 g/mol. The molecule has 2 N–H and O–H groups in total. The van der Waals surface area contributed by atoms with Crippen molar-refractivity contribution in [1.29, 1.82) is 0 Å². The Hall–Kier alpha value is -2.25. The lowest BCUT2D eigenvalue weighted by Gasteiger charge is -2.24. The molecule has 0 bridgehead atoms. The number of hydrogen-bond acceptors (Lipinski definition) is 5. The molecule has 0 atom stereocenters. The van der Waals surface area contributed by atoms with Crippen LogP contribution in [0.3, 0.4) is 0 Å². The number of rotatable bonds is 4. The number of nitrogens with zero attached hydrogens (tertiary/aromatic N) is 2. The number of anilines is 1. The van der Waals surface area contributed by atoms with Gasteiger partial charge in [-0.25, -0.2) is 9.59 Å². The van der Waals surface area contributed by atoms with Gasteiger partial charge in [0, 0.05) is 20.1 Å². The highest BCUT2D eigenvalue weighted by atomic mass is 16.6. The van der Waals surface area contributed by atoms with Gasteiger partial charge >= 0.3 is 12.1 Å². The van der Waals surface area contributed by atoms with Crippen LogP contribution in [0.4, 0.5) is 15.3 Å². The van der Waals surface area contributed by atoms with E-state index >= 15 is 0 Å². The molecule has 22 heavy (non-hydrogen) atoms. The zero-order valence-corrected chi connectivity index (χ0v) is 13.9. The van der Waals surface area contributed by atoms with Crippen LogP contribution in [0.1, 0.15) is 32.2 Å². The van der Waals surface area contributed by atoms with Gasteiger partial charge in [0.15, 0.2) is 5.76 Å². The highest BCUT2D eigenvalue weighted by Gasteiger charge is 2.19. The number of likely N-dealkylation sites (N-methyl/N-ethyl adjacent to an activating group) is 1. The van der Waals surface area contributed by atoms with Crippen LogP contribution in [0.15, 0.2) is 4.52 Å². The van der Waals surface area contributed by atoms with E-state index < -0.39 is 11.7 Å². The van der Waals surface area contributed by atoms with Crippen LogP contribution in [-0.4, -0.2) is 47.9 Å². The minimum absolute atomic E-state index is 0.297. The second-order valence-electron chi connectivity index (χ2n) is 5.98. The number of aryl methyl sites for hydroxylation is 2. The number of carbonyl (C=O) groups is 2. The maximum absolute atomic E-state index is 11.8. The van der Waals surface area contributed by atoms with Crippen molar-refractivity contribution in [3.63, 3.8) is 0 Å². The van der Waals surface area contributed by atoms with Gasteiger partial charge in [0.2, 0.25) is 0 Å². The summed E-state index contributed by atoms with van der Waals surface area (Å²) in [6, 6.07) is -0.382. The van der Waals surface area contributed by atoms with Crippen molar-refractivity contribution in [3.05, 3.63) is 11.5 Å². The largest absolute Gasteiger partial charge is 0.444 e. The van der Waals surface area contributed by atoms with Gasteiger partial charge in [-0.3, -0.25) is 0 Å². The van der Waals surface area contributed by atoms with Gasteiger partial charge in [-0.15, -0.1) is 0 Å². The second kappa shape index (κ2) is 7.15. The Labute approximate surface area is 130 Å². The highest BCUT2D eigenvalue weighted by Crippen LogP contribution is 2.18. The van der Waals surface area contributed by atoms with Gasteiger partial charge in [0.1, 0.15) is 17.0 Å². The summed E-state index contributed by atoms with van der Waals surface area (Å²) in [5.41, 5.74) is 0.621. The summed E-state index contributed by atoms with van der Waals surface area (Å²) in [5.74, 6) is 0.540. The van der Waals surface area contributed by atoms with Crippen molar-refractivity contribution >= 4 is 17.8 Å². The number of ether oxygens (including phenoxy) is 1. The summed E-state index contributed by atoms with van der Waals surface area (Å²) in [5, 5.41) is 9.06. The fourth-order valence-electron chi connectivity index (χ4n) is 1.59. The molecule has 0 saturated heterocycles. The van der Waals surface area contributed by atoms with Crippen molar-refractivity contribution in [1.82, 2.24) is 15.4 Å². The maximum Gasteiger partial charge on any atom is 0.410 e. The van der Waals surface area contributed by atoms with Gasteiger partial charge < -0.3 is 24.8 Å². The van der Waals surface area contributed by atoms with Gasteiger partial charge in [-0.05, 0) is 34.6 Å². The van der Waals surface area contributed by atoms with E-state index in [4.69, 9.17) is 9.26 Å². The fraction of sp³-hybridized carbons (Fsp3) is 0.643. The van der Waals surface area contributed by atoms with E-state index in [2.05, 4.69) is 15.8 Å². The van der Waals surface area contributed by atoms with Crippen molar-refractivity contribution in [2.24, 2.45) is 0 Å². The molecule has 1 heterocycles. The highest BCUT2D eigenvalue weighted by molar-refractivity contribution is 5.90. The molecule has 1 rings (SSSR count). The zero-order valence-electron chi connectivity index (χ0n) is 13.9. The summed E-state index contributed by atoms with van der Waals surface area (Å²) >= 11 is 0. The summed E-state index contributed by atoms with van der Waals surface area (Å²) in [6.07, 6.45) is -0.430. The molecule has 0 unspecified atom stereocenters. The minimum Gasteiger partial charge on any atom is -0.444 e. The molecule has 0 fully saturated rings. The van der Waals surface area contributed by atoms with Crippen LogP contribution >= 0.6 is 0 Å². The molecule has 1 aromatic heterocycles. The first-order chi connectivity index (χ1) is 10.1. The van der Waals surface area contributed by atoms with E-state index in [-0.39, 0.29) is 6.03 Å².